The Bertz CT molecular complexity index is 966. The van der Waals surface area contributed by atoms with Gasteiger partial charge < -0.3 is 19.7 Å². The number of nitrogens with zero attached hydrogens (tertiary/aromatic N) is 4. The van der Waals surface area contributed by atoms with Crippen molar-refractivity contribution in [1.29, 1.82) is 0 Å². The number of hydrogen-bond acceptors (Lipinski definition) is 5. The van der Waals surface area contributed by atoms with Gasteiger partial charge in [0.25, 0.3) is 0 Å². The first-order valence-electron chi connectivity index (χ1n) is 9.57. The first-order chi connectivity index (χ1) is 14.2. The topological polar surface area (TPSA) is 106 Å². The molecule has 30 heavy (non-hydrogen) atoms. The van der Waals surface area contributed by atoms with E-state index in [0.717, 1.165) is 0 Å². The molecule has 9 nitrogen and oxygen atoms in total. The number of benzene rings is 1. The number of likely N-dealkylation sites (N-methyl/N-ethyl adjacent to an activating group) is 1. The number of carboxylic acid groups (broad SMARTS) is 2. The monoisotopic (exact) mass is 436 g/mol. The highest BCUT2D eigenvalue weighted by atomic mass is 35.5. The molecule has 1 fully saturated rings. The molecule has 3 rings (SSSR count). The summed E-state index contributed by atoms with van der Waals surface area (Å²) in [6.45, 7) is 2.12. The number of fused-ring (bicyclic) bond motifs is 1. The van der Waals surface area contributed by atoms with E-state index in [4.69, 9.17) is 11.6 Å². The Morgan fingerprint density at radius 2 is 1.77 bits per heavy atom. The molecule has 0 aliphatic carbocycles. The summed E-state index contributed by atoms with van der Waals surface area (Å²) in [5.41, 5.74) is 1.12. The van der Waals surface area contributed by atoms with Crippen molar-refractivity contribution in [3.05, 3.63) is 35.0 Å². The average Bonchev–Trinajstić information content (AvgIpc) is 2.99. The van der Waals surface area contributed by atoms with E-state index in [1.807, 2.05) is 9.80 Å². The number of aliphatic carboxylic acids is 2. The summed E-state index contributed by atoms with van der Waals surface area (Å²) in [6, 6.07) is 4.12. The maximum atomic E-state index is 12.2. The summed E-state index contributed by atoms with van der Waals surface area (Å²) in [7, 11) is 3.41. The van der Waals surface area contributed by atoms with Gasteiger partial charge >= 0.3 is 11.9 Å². The van der Waals surface area contributed by atoms with E-state index in [-0.39, 0.29) is 12.5 Å². The number of hydrogen-bond donors (Lipinski definition) is 2. The zero-order valence-corrected chi connectivity index (χ0v) is 17.7. The number of carboxylic acids is 2. The summed E-state index contributed by atoms with van der Waals surface area (Å²) >= 11 is 6.08. The molecule has 10 heteroatoms. The normalized spacial score (nSPS) is 16.5. The molecule has 162 valence electrons. The van der Waals surface area contributed by atoms with Crippen molar-refractivity contribution in [2.45, 2.75) is 12.6 Å². The van der Waals surface area contributed by atoms with Crippen LogP contribution in [-0.4, -0.2) is 94.1 Å². The van der Waals surface area contributed by atoms with Crippen LogP contribution in [0.2, 0.25) is 5.02 Å². The fourth-order valence-corrected chi connectivity index (χ4v) is 3.95. The maximum absolute atomic E-state index is 12.2. The molecule has 1 saturated heterocycles. The van der Waals surface area contributed by atoms with Gasteiger partial charge in [0, 0.05) is 62.4 Å². The van der Waals surface area contributed by atoms with E-state index in [1.165, 1.54) is 9.47 Å². The number of amides is 1. The van der Waals surface area contributed by atoms with E-state index in [9.17, 15) is 24.6 Å². The highest BCUT2D eigenvalue weighted by Crippen LogP contribution is 2.32. The maximum Gasteiger partial charge on any atom is 0.325 e. The second-order valence-corrected chi connectivity index (χ2v) is 8.05. The van der Waals surface area contributed by atoms with E-state index >= 15 is 0 Å². The minimum Gasteiger partial charge on any atom is -0.480 e. The third-order valence-corrected chi connectivity index (χ3v) is 5.57. The summed E-state index contributed by atoms with van der Waals surface area (Å²) in [5, 5.41) is 20.3. The third-order valence-electron chi connectivity index (χ3n) is 5.34. The van der Waals surface area contributed by atoms with Gasteiger partial charge in [-0.2, -0.15) is 0 Å². The second kappa shape index (κ2) is 9.03. The fourth-order valence-electron chi connectivity index (χ4n) is 3.79. The van der Waals surface area contributed by atoms with E-state index in [0.29, 0.717) is 54.2 Å². The SMILES string of the molecule is CN(C)C(=O)CN1CCN(C(C(=O)O)c2cn(CC(=O)O)c3cc(Cl)ccc23)CC1. The standard InChI is InChI=1S/C20H25ClN4O5/c1-22(2)17(26)11-23-5-7-24(8-6-23)19(20(29)30)15-10-25(12-18(27)28)16-9-13(21)3-4-14(15)16/h3-4,9-10,19H,5-8,11-12H2,1-2H3,(H,27,28)(H,29,30). The molecule has 0 spiro atoms. The number of aromatic nitrogens is 1. The fraction of sp³-hybridized carbons (Fsp3) is 0.450. The van der Waals surface area contributed by atoms with Gasteiger partial charge in [-0.1, -0.05) is 17.7 Å². The van der Waals surface area contributed by atoms with Crippen molar-refractivity contribution in [3.63, 3.8) is 0 Å². The van der Waals surface area contributed by atoms with Gasteiger partial charge in [0.15, 0.2) is 0 Å². The molecular formula is C20H25ClN4O5. The molecule has 0 saturated carbocycles. The number of halogens is 1. The average molecular weight is 437 g/mol. The molecule has 2 aromatic rings. The van der Waals surface area contributed by atoms with Gasteiger partial charge in [0.1, 0.15) is 12.6 Å². The van der Waals surface area contributed by atoms with Gasteiger partial charge in [-0.25, -0.2) is 0 Å². The zero-order valence-electron chi connectivity index (χ0n) is 16.9. The van der Waals surface area contributed by atoms with E-state index in [2.05, 4.69) is 0 Å². The van der Waals surface area contributed by atoms with Crippen molar-refractivity contribution in [2.24, 2.45) is 0 Å². The lowest BCUT2D eigenvalue weighted by Gasteiger charge is -2.37. The Hall–Kier alpha value is -2.62. The van der Waals surface area contributed by atoms with Crippen LogP contribution in [0.4, 0.5) is 0 Å². The Morgan fingerprint density at radius 3 is 2.33 bits per heavy atom. The number of carbonyl (C=O) groups excluding carboxylic acids is 1. The molecule has 1 aromatic carbocycles. The van der Waals surface area contributed by atoms with Gasteiger partial charge in [-0.05, 0) is 12.1 Å². The van der Waals surface area contributed by atoms with Crippen LogP contribution < -0.4 is 0 Å². The lowest BCUT2D eigenvalue weighted by Crippen LogP contribution is -2.51. The highest BCUT2D eigenvalue weighted by Gasteiger charge is 2.33. The first kappa shape index (κ1) is 22.1. The molecule has 0 radical (unpaired) electrons. The number of carbonyl (C=O) groups is 3. The lowest BCUT2D eigenvalue weighted by molar-refractivity contribution is -0.145. The highest BCUT2D eigenvalue weighted by molar-refractivity contribution is 6.31. The van der Waals surface area contributed by atoms with Crippen LogP contribution in [0.1, 0.15) is 11.6 Å². The Labute approximate surface area is 179 Å². The number of rotatable bonds is 7. The van der Waals surface area contributed by atoms with Gasteiger partial charge in [-0.3, -0.25) is 24.2 Å². The van der Waals surface area contributed by atoms with Crippen molar-refractivity contribution >= 4 is 40.3 Å². The predicted molar refractivity (Wildman–Crippen MR) is 112 cm³/mol. The van der Waals surface area contributed by atoms with Gasteiger partial charge in [-0.15, -0.1) is 0 Å². The molecule has 1 amide bonds. The largest absolute Gasteiger partial charge is 0.480 e. The zero-order chi connectivity index (χ0) is 22.0. The van der Waals surface area contributed by atoms with E-state index in [1.54, 1.807) is 38.5 Å². The van der Waals surface area contributed by atoms with Crippen LogP contribution in [0.5, 0.6) is 0 Å². The quantitative estimate of drug-likeness (QED) is 0.671. The van der Waals surface area contributed by atoms with Crippen LogP contribution in [0, 0.1) is 0 Å². The molecule has 0 bridgehead atoms. The molecular weight excluding hydrogens is 412 g/mol. The minimum absolute atomic E-state index is 0.00635. The van der Waals surface area contributed by atoms with Crippen molar-refractivity contribution in [2.75, 3.05) is 46.8 Å². The van der Waals surface area contributed by atoms with Crippen molar-refractivity contribution in [3.8, 4) is 0 Å². The molecule has 1 aliphatic rings. The van der Waals surface area contributed by atoms with Crippen LogP contribution in [0.3, 0.4) is 0 Å². The summed E-state index contributed by atoms with van der Waals surface area (Å²) in [6.07, 6.45) is 1.59. The van der Waals surface area contributed by atoms with Gasteiger partial charge in [0.2, 0.25) is 5.91 Å². The van der Waals surface area contributed by atoms with Crippen LogP contribution in [0.15, 0.2) is 24.4 Å². The first-order valence-corrected chi connectivity index (χ1v) is 9.94. The van der Waals surface area contributed by atoms with Crippen LogP contribution in [0.25, 0.3) is 10.9 Å². The molecule has 1 aliphatic heterocycles. The van der Waals surface area contributed by atoms with Crippen LogP contribution in [-0.2, 0) is 20.9 Å². The van der Waals surface area contributed by atoms with Crippen molar-refractivity contribution in [1.82, 2.24) is 19.3 Å². The lowest BCUT2D eigenvalue weighted by atomic mass is 10.0. The minimum atomic E-state index is -1.02. The Balaban J connectivity index is 1.87. The summed E-state index contributed by atoms with van der Waals surface area (Å²) < 4.78 is 1.51. The van der Waals surface area contributed by atoms with Crippen LogP contribution >= 0.6 is 11.6 Å². The Kier molecular flexibility index (Phi) is 6.64. The van der Waals surface area contributed by atoms with E-state index < -0.39 is 18.0 Å². The molecule has 1 aromatic heterocycles. The molecule has 1 unspecified atom stereocenters. The predicted octanol–water partition coefficient (Wildman–Crippen LogP) is 1.21. The molecule has 2 heterocycles. The summed E-state index contributed by atoms with van der Waals surface area (Å²) in [4.78, 5) is 40.8. The van der Waals surface area contributed by atoms with Gasteiger partial charge in [0.05, 0.1) is 12.1 Å². The molecule has 1 atom stereocenters. The smallest absolute Gasteiger partial charge is 0.325 e. The Morgan fingerprint density at radius 1 is 1.10 bits per heavy atom. The van der Waals surface area contributed by atoms with Crippen molar-refractivity contribution < 1.29 is 24.6 Å². The third kappa shape index (κ3) is 4.75. The second-order valence-electron chi connectivity index (χ2n) is 7.61. The number of piperazine rings is 1. The molecule has 2 N–H and O–H groups in total. The summed E-state index contributed by atoms with van der Waals surface area (Å²) in [5.74, 6) is -2.02.